The van der Waals surface area contributed by atoms with Gasteiger partial charge in [0, 0.05) is 32.0 Å². The lowest BCUT2D eigenvalue weighted by Crippen LogP contribution is -2.55. The third-order valence-corrected chi connectivity index (χ3v) is 3.70. The molecule has 3 rings (SSSR count). The molecule has 1 aliphatic rings. The van der Waals surface area contributed by atoms with Crippen LogP contribution in [0.3, 0.4) is 0 Å². The lowest BCUT2D eigenvalue weighted by Gasteiger charge is -2.37. The maximum atomic E-state index is 12.8. The number of rotatable bonds is 4. The van der Waals surface area contributed by atoms with Crippen LogP contribution in [0.25, 0.3) is 0 Å². The summed E-state index contributed by atoms with van der Waals surface area (Å²) >= 11 is 0. The van der Waals surface area contributed by atoms with E-state index in [9.17, 15) is 14.0 Å². The van der Waals surface area contributed by atoms with Crippen LogP contribution in [0.15, 0.2) is 42.9 Å². The summed E-state index contributed by atoms with van der Waals surface area (Å²) in [4.78, 5) is 33.4. The quantitative estimate of drug-likeness (QED) is 0.914. The Kier molecular flexibility index (Phi) is 4.27. The Hall–Kier alpha value is -2.83. The van der Waals surface area contributed by atoms with Gasteiger partial charge in [0.2, 0.25) is 5.91 Å². The molecule has 1 N–H and O–H groups in total. The molecule has 0 bridgehead atoms. The second kappa shape index (κ2) is 6.51. The van der Waals surface area contributed by atoms with Gasteiger partial charge in [0.25, 0.3) is 5.91 Å². The van der Waals surface area contributed by atoms with Crippen molar-refractivity contribution in [3.8, 4) is 0 Å². The Labute approximate surface area is 132 Å². The molecule has 1 fully saturated rings. The predicted molar refractivity (Wildman–Crippen MR) is 79.7 cm³/mol. The number of benzene rings is 1. The third-order valence-electron chi connectivity index (χ3n) is 3.70. The monoisotopic (exact) mass is 314 g/mol. The maximum absolute atomic E-state index is 12.8. The average molecular weight is 314 g/mol. The van der Waals surface area contributed by atoms with E-state index in [1.165, 1.54) is 30.7 Å². The van der Waals surface area contributed by atoms with Crippen molar-refractivity contribution >= 4 is 11.8 Å². The lowest BCUT2D eigenvalue weighted by atomic mass is 9.98. The van der Waals surface area contributed by atoms with Gasteiger partial charge in [0.05, 0.1) is 12.1 Å². The molecule has 0 aliphatic carbocycles. The first-order chi connectivity index (χ1) is 11.1. The van der Waals surface area contributed by atoms with Gasteiger partial charge in [-0.2, -0.15) is 0 Å². The van der Waals surface area contributed by atoms with E-state index in [1.807, 2.05) is 0 Å². The summed E-state index contributed by atoms with van der Waals surface area (Å²) in [5.41, 5.74) is 1.10. The molecular formula is C16H15FN4O2. The average Bonchev–Trinajstić information content (AvgIpc) is 2.53. The standard InChI is InChI=1S/C16H15FN4O2/c17-13-3-1-11(2-4-13)7-20-15(22)12-9-21(10-12)16(23)14-8-18-5-6-19-14/h1-6,8,12H,7,9-10H2,(H,20,22). The number of hydrogen-bond donors (Lipinski definition) is 1. The number of aromatic nitrogens is 2. The summed E-state index contributed by atoms with van der Waals surface area (Å²) in [5, 5.41) is 2.79. The Morgan fingerprint density at radius 3 is 2.61 bits per heavy atom. The molecule has 0 saturated carbocycles. The second-order valence-electron chi connectivity index (χ2n) is 5.34. The van der Waals surface area contributed by atoms with Crippen LogP contribution in [0.1, 0.15) is 16.1 Å². The zero-order valence-corrected chi connectivity index (χ0v) is 12.3. The fourth-order valence-corrected chi connectivity index (χ4v) is 2.32. The van der Waals surface area contributed by atoms with Gasteiger partial charge in [0.15, 0.2) is 0 Å². The van der Waals surface area contributed by atoms with E-state index in [0.29, 0.717) is 19.6 Å². The third kappa shape index (κ3) is 3.50. The predicted octanol–water partition coefficient (Wildman–Crippen LogP) is 1.00. The molecule has 0 atom stereocenters. The van der Waals surface area contributed by atoms with Crippen molar-refractivity contribution in [3.05, 3.63) is 59.9 Å². The fraction of sp³-hybridized carbons (Fsp3) is 0.250. The van der Waals surface area contributed by atoms with Crippen LogP contribution in [-0.2, 0) is 11.3 Å². The van der Waals surface area contributed by atoms with Gasteiger partial charge in [-0.15, -0.1) is 0 Å². The van der Waals surface area contributed by atoms with Crippen LogP contribution >= 0.6 is 0 Å². The van der Waals surface area contributed by atoms with E-state index in [2.05, 4.69) is 15.3 Å². The van der Waals surface area contributed by atoms with Crippen LogP contribution in [0, 0.1) is 11.7 Å². The van der Waals surface area contributed by atoms with Crippen molar-refractivity contribution in [1.29, 1.82) is 0 Å². The van der Waals surface area contributed by atoms with Gasteiger partial charge in [0.1, 0.15) is 11.5 Å². The Morgan fingerprint density at radius 1 is 1.22 bits per heavy atom. The van der Waals surface area contributed by atoms with Crippen LogP contribution < -0.4 is 5.32 Å². The van der Waals surface area contributed by atoms with Gasteiger partial charge >= 0.3 is 0 Å². The summed E-state index contributed by atoms with van der Waals surface area (Å²) in [7, 11) is 0. The minimum atomic E-state index is -0.308. The maximum Gasteiger partial charge on any atom is 0.274 e. The van der Waals surface area contributed by atoms with Gasteiger partial charge in [-0.05, 0) is 17.7 Å². The number of likely N-dealkylation sites (tertiary alicyclic amines) is 1. The Morgan fingerprint density at radius 2 is 1.96 bits per heavy atom. The molecule has 2 amide bonds. The van der Waals surface area contributed by atoms with E-state index in [-0.39, 0.29) is 29.2 Å². The summed E-state index contributed by atoms with van der Waals surface area (Å²) < 4.78 is 12.8. The molecule has 1 aliphatic heterocycles. The zero-order chi connectivity index (χ0) is 16.2. The molecule has 2 aromatic rings. The van der Waals surface area contributed by atoms with E-state index >= 15 is 0 Å². The van der Waals surface area contributed by atoms with E-state index in [4.69, 9.17) is 0 Å². The molecule has 118 valence electrons. The molecule has 23 heavy (non-hydrogen) atoms. The lowest BCUT2D eigenvalue weighted by molar-refractivity contribution is -0.129. The van der Waals surface area contributed by atoms with Crippen LogP contribution in [-0.4, -0.2) is 39.8 Å². The van der Waals surface area contributed by atoms with Crippen molar-refractivity contribution in [3.63, 3.8) is 0 Å². The van der Waals surface area contributed by atoms with Crippen molar-refractivity contribution in [2.75, 3.05) is 13.1 Å². The molecule has 7 heteroatoms. The first-order valence-electron chi connectivity index (χ1n) is 7.21. The summed E-state index contributed by atoms with van der Waals surface area (Å²) in [6.45, 7) is 1.07. The van der Waals surface area contributed by atoms with Crippen molar-refractivity contribution < 1.29 is 14.0 Å². The molecule has 0 unspecified atom stereocenters. The number of carbonyl (C=O) groups excluding carboxylic acids is 2. The Balaban J connectivity index is 1.46. The van der Waals surface area contributed by atoms with E-state index < -0.39 is 0 Å². The fourth-order valence-electron chi connectivity index (χ4n) is 2.32. The molecule has 1 saturated heterocycles. The highest BCUT2D eigenvalue weighted by Gasteiger charge is 2.36. The normalized spacial score (nSPS) is 14.2. The molecule has 0 radical (unpaired) electrons. The first kappa shape index (κ1) is 15.1. The summed E-state index contributed by atoms with van der Waals surface area (Å²) in [6.07, 6.45) is 4.36. The second-order valence-corrected chi connectivity index (χ2v) is 5.34. The topological polar surface area (TPSA) is 75.2 Å². The number of halogens is 1. The van der Waals surface area contributed by atoms with Gasteiger partial charge in [-0.1, -0.05) is 12.1 Å². The Bertz CT molecular complexity index is 700. The SMILES string of the molecule is O=C(NCc1ccc(F)cc1)C1CN(C(=O)c2cnccn2)C1. The van der Waals surface area contributed by atoms with Crippen molar-refractivity contribution in [1.82, 2.24) is 20.2 Å². The molecule has 6 nitrogen and oxygen atoms in total. The first-order valence-corrected chi connectivity index (χ1v) is 7.21. The van der Waals surface area contributed by atoms with Crippen LogP contribution in [0.2, 0.25) is 0 Å². The summed E-state index contributed by atoms with van der Waals surface area (Å²) in [5.74, 6) is -0.869. The largest absolute Gasteiger partial charge is 0.352 e. The molecule has 1 aromatic carbocycles. The van der Waals surface area contributed by atoms with E-state index in [1.54, 1.807) is 17.0 Å². The van der Waals surface area contributed by atoms with Gasteiger partial charge < -0.3 is 10.2 Å². The number of hydrogen-bond acceptors (Lipinski definition) is 4. The van der Waals surface area contributed by atoms with E-state index in [0.717, 1.165) is 5.56 Å². The van der Waals surface area contributed by atoms with Crippen molar-refractivity contribution in [2.24, 2.45) is 5.92 Å². The molecule has 2 heterocycles. The number of carbonyl (C=O) groups is 2. The molecule has 0 spiro atoms. The van der Waals surface area contributed by atoms with Gasteiger partial charge in [-0.25, -0.2) is 9.37 Å². The minimum Gasteiger partial charge on any atom is -0.352 e. The summed E-state index contributed by atoms with van der Waals surface area (Å²) in [6, 6.07) is 5.96. The molecule has 1 aromatic heterocycles. The zero-order valence-electron chi connectivity index (χ0n) is 12.3. The minimum absolute atomic E-state index is 0.113. The number of nitrogens with one attached hydrogen (secondary N) is 1. The number of nitrogens with zero attached hydrogens (tertiary/aromatic N) is 3. The highest BCUT2D eigenvalue weighted by Crippen LogP contribution is 2.18. The van der Waals surface area contributed by atoms with Crippen molar-refractivity contribution in [2.45, 2.75) is 6.54 Å². The van der Waals surface area contributed by atoms with Crippen LogP contribution in [0.5, 0.6) is 0 Å². The molecular weight excluding hydrogens is 299 g/mol. The number of amides is 2. The van der Waals surface area contributed by atoms with Crippen LogP contribution in [0.4, 0.5) is 4.39 Å². The highest BCUT2D eigenvalue weighted by molar-refractivity contribution is 5.94. The highest BCUT2D eigenvalue weighted by atomic mass is 19.1. The van der Waals surface area contributed by atoms with Gasteiger partial charge in [-0.3, -0.25) is 14.6 Å². The smallest absolute Gasteiger partial charge is 0.274 e.